The number of likely N-dealkylation sites (tertiary alicyclic amines) is 1. The molecule has 66 heavy (non-hydrogen) atoms. The van der Waals surface area contributed by atoms with Crippen molar-refractivity contribution >= 4 is 28.6 Å². The monoisotopic (exact) mass is 918 g/mol. The third-order valence-electron chi connectivity index (χ3n) is 12.5. The minimum Gasteiger partial charge on any atom is -0.497 e. The van der Waals surface area contributed by atoms with Crippen molar-refractivity contribution in [3.63, 3.8) is 0 Å². The number of nitrogens with zero attached hydrogens (tertiary/aromatic N) is 8. The zero-order valence-corrected chi connectivity index (χ0v) is 38.2. The number of ether oxygens (including phenoxy) is 4. The first kappa shape index (κ1) is 46.5. The molecule has 3 saturated heterocycles. The lowest BCUT2D eigenvalue weighted by atomic mass is 9.95. The molecule has 8 rings (SSSR count). The second-order valence-electron chi connectivity index (χ2n) is 18.6. The molecule has 2 aromatic carbocycles. The van der Waals surface area contributed by atoms with Crippen LogP contribution in [0.2, 0.25) is 0 Å². The van der Waals surface area contributed by atoms with Gasteiger partial charge in [0.05, 0.1) is 30.7 Å². The highest BCUT2D eigenvalue weighted by Gasteiger charge is 2.49. The number of aryl methyl sites for hydroxylation is 1. The number of amides is 1. The highest BCUT2D eigenvalue weighted by Crippen LogP contribution is 2.43. The summed E-state index contributed by atoms with van der Waals surface area (Å²) < 4.78 is 100. The molecule has 0 spiro atoms. The number of hydrogen-bond acceptors (Lipinski definition) is 12. The first-order chi connectivity index (χ1) is 31.3. The standard InChI is InChI=1S/C48H55F5N8O5/c1-29-19-37(59(23-30-9-13-34(63-6)14-10-30)24-31-11-15-35(64-7)16-12-31)55-41(38(29)48(51,52)53)42-39(50)40-36(21-54-42)43(58(5)22-32-25-60(26-32)45(62)66-46(2,3)4)57-44(56-40)65-28-47-17-8-18-61(47)27-33(49)20-47/h9-16,19,21,32-33H,8,17-18,20,22-28H2,1-7H3/t33-,47+/m1/s1. The van der Waals surface area contributed by atoms with Crippen LogP contribution in [-0.4, -0.2) is 114 Å². The van der Waals surface area contributed by atoms with E-state index in [1.165, 1.54) is 19.2 Å². The Balaban J connectivity index is 1.20. The number of fused-ring (bicyclic) bond motifs is 2. The largest absolute Gasteiger partial charge is 0.497 e. The minimum atomic E-state index is -4.95. The molecule has 3 fully saturated rings. The van der Waals surface area contributed by atoms with Gasteiger partial charge in [-0.15, -0.1) is 0 Å². The average molecular weight is 919 g/mol. The number of anilines is 2. The number of carbonyl (C=O) groups is 1. The molecule has 3 aliphatic heterocycles. The van der Waals surface area contributed by atoms with Gasteiger partial charge in [0.25, 0.3) is 0 Å². The number of rotatable bonds is 14. The summed E-state index contributed by atoms with van der Waals surface area (Å²) in [6, 6.07) is 15.7. The molecular weight excluding hydrogens is 864 g/mol. The van der Waals surface area contributed by atoms with E-state index in [0.717, 1.165) is 17.5 Å². The van der Waals surface area contributed by atoms with Crippen LogP contribution >= 0.6 is 0 Å². The third kappa shape index (κ3) is 9.88. The van der Waals surface area contributed by atoms with Crippen LogP contribution in [0.4, 0.5) is 38.4 Å². The topological polar surface area (TPSA) is 119 Å². The average Bonchev–Trinajstić information content (AvgIpc) is 3.78. The molecule has 0 bridgehead atoms. The number of hydrogen-bond donors (Lipinski definition) is 0. The van der Waals surface area contributed by atoms with E-state index in [1.54, 1.807) is 76.1 Å². The fourth-order valence-corrected chi connectivity index (χ4v) is 9.29. The number of benzene rings is 2. The van der Waals surface area contributed by atoms with Crippen LogP contribution < -0.4 is 24.0 Å². The van der Waals surface area contributed by atoms with E-state index in [4.69, 9.17) is 23.9 Å². The van der Waals surface area contributed by atoms with Gasteiger partial charge in [-0.3, -0.25) is 9.88 Å². The smallest absolute Gasteiger partial charge is 0.418 e. The molecule has 5 aromatic rings. The summed E-state index contributed by atoms with van der Waals surface area (Å²) in [5.74, 6) is 0.485. The van der Waals surface area contributed by atoms with Gasteiger partial charge in [0.2, 0.25) is 0 Å². The van der Waals surface area contributed by atoms with Crippen LogP contribution in [0.15, 0.2) is 60.8 Å². The lowest BCUT2D eigenvalue weighted by molar-refractivity contribution is -0.137. The summed E-state index contributed by atoms with van der Waals surface area (Å²) in [6.07, 6.45) is -3.33. The van der Waals surface area contributed by atoms with Crippen molar-refractivity contribution in [1.82, 2.24) is 29.7 Å². The maximum absolute atomic E-state index is 17.5. The summed E-state index contributed by atoms with van der Waals surface area (Å²) in [5, 5.41) is 0.127. The second-order valence-corrected chi connectivity index (χ2v) is 18.6. The van der Waals surface area contributed by atoms with Gasteiger partial charge in [0.1, 0.15) is 58.4 Å². The molecule has 13 nitrogen and oxygen atoms in total. The van der Waals surface area contributed by atoms with Crippen molar-refractivity contribution in [2.75, 3.05) is 70.4 Å². The van der Waals surface area contributed by atoms with E-state index in [2.05, 4.69) is 19.9 Å². The van der Waals surface area contributed by atoms with Crippen LogP contribution in [0.25, 0.3) is 22.3 Å². The molecule has 3 aromatic heterocycles. The zero-order chi connectivity index (χ0) is 47.1. The van der Waals surface area contributed by atoms with E-state index in [1.807, 2.05) is 29.2 Å². The van der Waals surface area contributed by atoms with Crippen molar-refractivity contribution in [3.8, 4) is 28.9 Å². The zero-order valence-electron chi connectivity index (χ0n) is 38.2. The number of halogens is 5. The van der Waals surface area contributed by atoms with Crippen LogP contribution in [0.1, 0.15) is 62.3 Å². The Morgan fingerprint density at radius 2 is 1.55 bits per heavy atom. The van der Waals surface area contributed by atoms with Crippen molar-refractivity contribution in [1.29, 1.82) is 0 Å². The molecule has 352 valence electrons. The maximum atomic E-state index is 17.5. The molecule has 18 heteroatoms. The number of aromatic nitrogens is 4. The predicted molar refractivity (Wildman–Crippen MR) is 239 cm³/mol. The van der Waals surface area contributed by atoms with Gasteiger partial charge in [-0.05, 0) is 94.1 Å². The van der Waals surface area contributed by atoms with E-state index in [9.17, 15) is 9.18 Å². The predicted octanol–water partition coefficient (Wildman–Crippen LogP) is 9.04. The van der Waals surface area contributed by atoms with Crippen LogP contribution in [0.3, 0.4) is 0 Å². The summed E-state index contributed by atoms with van der Waals surface area (Å²) in [5.41, 5.74) is -2.62. The molecule has 6 heterocycles. The van der Waals surface area contributed by atoms with Gasteiger partial charge in [-0.1, -0.05) is 24.3 Å². The van der Waals surface area contributed by atoms with Gasteiger partial charge in [-0.2, -0.15) is 23.1 Å². The number of carbonyl (C=O) groups excluding carboxylic acids is 1. The number of methoxy groups -OCH3 is 2. The van der Waals surface area contributed by atoms with Gasteiger partial charge in [0.15, 0.2) is 5.82 Å². The summed E-state index contributed by atoms with van der Waals surface area (Å²) >= 11 is 0. The lowest BCUT2D eigenvalue weighted by Gasteiger charge is -2.41. The van der Waals surface area contributed by atoms with Gasteiger partial charge in [0, 0.05) is 64.9 Å². The Kier molecular flexibility index (Phi) is 12.9. The van der Waals surface area contributed by atoms with Crippen molar-refractivity contribution in [2.45, 2.75) is 83.5 Å². The lowest BCUT2D eigenvalue weighted by Crippen LogP contribution is -2.54. The van der Waals surface area contributed by atoms with Crippen LogP contribution in [0.5, 0.6) is 17.5 Å². The van der Waals surface area contributed by atoms with Gasteiger partial charge >= 0.3 is 18.3 Å². The van der Waals surface area contributed by atoms with Crippen LogP contribution in [-0.2, 0) is 24.0 Å². The van der Waals surface area contributed by atoms with Crippen molar-refractivity contribution in [2.24, 2.45) is 5.92 Å². The van der Waals surface area contributed by atoms with E-state index >= 15 is 17.6 Å². The Bertz CT molecular complexity index is 2500. The fraction of sp³-hybridized carbons (Fsp3) is 0.479. The van der Waals surface area contributed by atoms with E-state index in [-0.39, 0.29) is 72.7 Å². The quantitative estimate of drug-likeness (QED) is 0.0990. The Morgan fingerprint density at radius 3 is 2.14 bits per heavy atom. The molecule has 1 amide bonds. The maximum Gasteiger partial charge on any atom is 0.418 e. The molecule has 3 aliphatic rings. The Labute approximate surface area is 380 Å². The van der Waals surface area contributed by atoms with Gasteiger partial charge < -0.3 is 33.6 Å². The summed E-state index contributed by atoms with van der Waals surface area (Å²) in [7, 11) is 4.85. The highest BCUT2D eigenvalue weighted by atomic mass is 19.4. The Hall–Kier alpha value is -6.04. The van der Waals surface area contributed by atoms with Crippen LogP contribution in [0, 0.1) is 18.7 Å². The van der Waals surface area contributed by atoms with Crippen molar-refractivity contribution in [3.05, 3.63) is 88.9 Å². The van der Waals surface area contributed by atoms with Crippen molar-refractivity contribution < 1.29 is 45.7 Å². The fourth-order valence-electron chi connectivity index (χ4n) is 9.29. The van der Waals surface area contributed by atoms with E-state index in [0.29, 0.717) is 44.1 Å². The highest BCUT2D eigenvalue weighted by molar-refractivity contribution is 5.92. The number of pyridine rings is 2. The number of alkyl halides is 4. The van der Waals surface area contributed by atoms with E-state index < -0.39 is 52.3 Å². The minimum absolute atomic E-state index is 0.0112. The molecule has 0 aliphatic carbocycles. The molecule has 0 unspecified atom stereocenters. The molecule has 0 saturated carbocycles. The second kappa shape index (κ2) is 18.3. The van der Waals surface area contributed by atoms with Gasteiger partial charge in [-0.25, -0.2) is 18.6 Å². The first-order valence-electron chi connectivity index (χ1n) is 22.0. The third-order valence-corrected chi connectivity index (χ3v) is 12.5. The molecule has 2 atom stereocenters. The normalized spacial score (nSPS) is 18.8. The first-order valence-corrected chi connectivity index (χ1v) is 22.0. The molecule has 0 N–H and O–H groups in total. The Morgan fingerprint density at radius 1 is 0.909 bits per heavy atom. The molecular formula is C48H55F5N8O5. The summed E-state index contributed by atoms with van der Waals surface area (Å²) in [6.45, 7) is 9.36. The SMILES string of the molecule is COc1ccc(CN(Cc2ccc(OC)cc2)c2cc(C)c(C(F)(F)F)c(-c3ncc4c(N(C)CC5CN(C(=O)OC(C)(C)C)C5)nc(OC[C@@]56CCCN5C[C@H](F)C6)nc4c3F)n2)cc1. The summed E-state index contributed by atoms with van der Waals surface area (Å²) in [4.78, 5) is 38.1. The molecule has 0 radical (unpaired) electrons.